The molecular formula is C19H19N9O. The molecule has 4 N–H and O–H groups in total. The fraction of sp³-hybridized carbons (Fsp3) is 0.211. The van der Waals surface area contributed by atoms with Crippen molar-refractivity contribution in [1.82, 2.24) is 34.8 Å². The number of fused-ring (bicyclic) bond motifs is 1. The monoisotopic (exact) mass is 389 g/mol. The molecule has 1 aliphatic rings. The minimum Gasteiger partial charge on any atom is -0.371 e. The second-order valence-corrected chi connectivity index (χ2v) is 6.80. The number of hydrogen-bond donors (Lipinski definition) is 4. The lowest BCUT2D eigenvalue weighted by molar-refractivity contribution is 0.242. The number of benzene rings is 1. The van der Waals surface area contributed by atoms with Gasteiger partial charge in [0.15, 0.2) is 17.0 Å². The molecule has 1 amide bonds. The maximum Gasteiger partial charge on any atom is 0.328 e. The molecule has 29 heavy (non-hydrogen) atoms. The van der Waals surface area contributed by atoms with Crippen LogP contribution in [0.5, 0.6) is 0 Å². The normalized spacial score (nSPS) is 13.4. The Morgan fingerprint density at radius 3 is 2.90 bits per heavy atom. The van der Waals surface area contributed by atoms with E-state index >= 15 is 0 Å². The molecule has 146 valence electrons. The molecular weight excluding hydrogens is 370 g/mol. The summed E-state index contributed by atoms with van der Waals surface area (Å²) in [4.78, 5) is 33.2. The standard InChI is InChI=1S/C19H19N9O/c1-20-16-14-17(28(10-23-14)19(29)25-12-5-6-12)27-18(26-16)24-13-4-2-3-11(9-13)15-21-7-8-22-15/h2-4,7-10,12H,5-6H2,1H3,(H,21,22)(H,25,29)(H2,20,24,26,27). The lowest BCUT2D eigenvalue weighted by atomic mass is 10.2. The molecule has 1 aromatic carbocycles. The molecule has 0 aliphatic heterocycles. The third kappa shape index (κ3) is 3.35. The van der Waals surface area contributed by atoms with Crippen LogP contribution in [0.2, 0.25) is 0 Å². The Balaban J connectivity index is 1.50. The Labute approximate surface area is 165 Å². The van der Waals surface area contributed by atoms with E-state index in [4.69, 9.17) is 0 Å². The Bertz CT molecular complexity index is 1180. The van der Waals surface area contributed by atoms with Gasteiger partial charge in [-0.2, -0.15) is 9.97 Å². The Morgan fingerprint density at radius 2 is 2.14 bits per heavy atom. The number of hydrogen-bond acceptors (Lipinski definition) is 7. The Morgan fingerprint density at radius 1 is 1.24 bits per heavy atom. The van der Waals surface area contributed by atoms with Gasteiger partial charge in [-0.15, -0.1) is 0 Å². The van der Waals surface area contributed by atoms with Crippen molar-refractivity contribution >= 4 is 34.6 Å². The van der Waals surface area contributed by atoms with Crippen LogP contribution >= 0.6 is 0 Å². The van der Waals surface area contributed by atoms with Crippen LogP contribution in [0.3, 0.4) is 0 Å². The van der Waals surface area contributed by atoms with Gasteiger partial charge in [-0.1, -0.05) is 12.1 Å². The average molecular weight is 389 g/mol. The van der Waals surface area contributed by atoms with Crippen LogP contribution in [0.15, 0.2) is 43.0 Å². The number of amides is 1. The quantitative estimate of drug-likeness (QED) is 0.413. The number of rotatable bonds is 5. The first-order valence-electron chi connectivity index (χ1n) is 9.32. The van der Waals surface area contributed by atoms with Gasteiger partial charge in [0.25, 0.3) is 0 Å². The predicted octanol–water partition coefficient (Wildman–Crippen LogP) is 2.72. The summed E-state index contributed by atoms with van der Waals surface area (Å²) in [6, 6.07) is 7.75. The van der Waals surface area contributed by atoms with Crippen molar-refractivity contribution in [3.8, 4) is 11.4 Å². The summed E-state index contributed by atoms with van der Waals surface area (Å²) in [6.45, 7) is 0. The molecule has 10 nitrogen and oxygen atoms in total. The maximum absolute atomic E-state index is 12.5. The van der Waals surface area contributed by atoms with Crippen molar-refractivity contribution < 1.29 is 4.79 Å². The third-order valence-electron chi connectivity index (χ3n) is 4.65. The van der Waals surface area contributed by atoms with Gasteiger partial charge >= 0.3 is 6.03 Å². The summed E-state index contributed by atoms with van der Waals surface area (Å²) >= 11 is 0. The first-order chi connectivity index (χ1) is 14.2. The fourth-order valence-electron chi connectivity index (χ4n) is 3.05. The highest BCUT2D eigenvalue weighted by molar-refractivity contribution is 5.92. The maximum atomic E-state index is 12.5. The van der Waals surface area contributed by atoms with Crippen molar-refractivity contribution in [3.05, 3.63) is 43.0 Å². The molecule has 1 fully saturated rings. The zero-order chi connectivity index (χ0) is 19.8. The van der Waals surface area contributed by atoms with Crippen LogP contribution in [0.4, 0.5) is 22.2 Å². The molecule has 3 heterocycles. The van der Waals surface area contributed by atoms with Gasteiger partial charge in [0.2, 0.25) is 5.95 Å². The van der Waals surface area contributed by atoms with Crippen molar-refractivity contribution in [2.24, 2.45) is 0 Å². The lowest BCUT2D eigenvalue weighted by Gasteiger charge is -2.10. The second-order valence-electron chi connectivity index (χ2n) is 6.80. The van der Waals surface area contributed by atoms with E-state index in [0.29, 0.717) is 22.9 Å². The molecule has 10 heteroatoms. The number of aromatic amines is 1. The number of H-pyrrole nitrogens is 1. The van der Waals surface area contributed by atoms with Gasteiger partial charge in [-0.3, -0.25) is 0 Å². The van der Waals surface area contributed by atoms with E-state index in [2.05, 4.69) is 40.9 Å². The van der Waals surface area contributed by atoms with Crippen molar-refractivity contribution in [2.75, 3.05) is 17.7 Å². The molecule has 0 spiro atoms. The number of anilines is 3. The van der Waals surface area contributed by atoms with E-state index in [9.17, 15) is 4.79 Å². The van der Waals surface area contributed by atoms with Crippen LogP contribution in [0, 0.1) is 0 Å². The van der Waals surface area contributed by atoms with Crippen LogP contribution in [0.1, 0.15) is 12.8 Å². The highest BCUT2D eigenvalue weighted by Crippen LogP contribution is 2.25. The lowest BCUT2D eigenvalue weighted by Crippen LogP contribution is -2.30. The summed E-state index contributed by atoms with van der Waals surface area (Å²) in [5.41, 5.74) is 2.71. The van der Waals surface area contributed by atoms with Crippen LogP contribution < -0.4 is 16.0 Å². The van der Waals surface area contributed by atoms with Gasteiger partial charge < -0.3 is 20.9 Å². The van der Waals surface area contributed by atoms with Gasteiger partial charge in [-0.05, 0) is 25.0 Å². The topological polar surface area (TPSA) is 125 Å². The van der Waals surface area contributed by atoms with Crippen LogP contribution in [-0.4, -0.2) is 48.6 Å². The van der Waals surface area contributed by atoms with Gasteiger partial charge in [0, 0.05) is 36.7 Å². The minimum atomic E-state index is -0.235. The predicted molar refractivity (Wildman–Crippen MR) is 109 cm³/mol. The number of nitrogens with zero attached hydrogens (tertiary/aromatic N) is 5. The first-order valence-corrected chi connectivity index (χ1v) is 9.32. The molecule has 0 unspecified atom stereocenters. The summed E-state index contributed by atoms with van der Waals surface area (Å²) in [5, 5.41) is 9.18. The van der Waals surface area contributed by atoms with Crippen molar-refractivity contribution in [1.29, 1.82) is 0 Å². The van der Waals surface area contributed by atoms with Crippen molar-refractivity contribution in [3.63, 3.8) is 0 Å². The summed E-state index contributed by atoms with van der Waals surface area (Å²) in [5.74, 6) is 1.67. The summed E-state index contributed by atoms with van der Waals surface area (Å²) in [6.07, 6.45) is 6.97. The molecule has 3 aromatic heterocycles. The van der Waals surface area contributed by atoms with Crippen LogP contribution in [-0.2, 0) is 0 Å². The van der Waals surface area contributed by atoms with E-state index in [1.54, 1.807) is 19.4 Å². The largest absolute Gasteiger partial charge is 0.371 e. The van der Waals surface area contributed by atoms with Gasteiger partial charge in [0.05, 0.1) is 0 Å². The molecule has 0 atom stereocenters. The fourth-order valence-corrected chi connectivity index (χ4v) is 3.05. The first kappa shape index (κ1) is 17.2. The average Bonchev–Trinajstić information content (AvgIpc) is 3.20. The smallest absolute Gasteiger partial charge is 0.328 e. The van der Waals surface area contributed by atoms with Gasteiger partial charge in [0.1, 0.15) is 12.2 Å². The zero-order valence-corrected chi connectivity index (χ0v) is 15.7. The van der Waals surface area contributed by atoms with Gasteiger partial charge in [-0.25, -0.2) is 19.3 Å². The molecule has 4 aromatic rings. The summed E-state index contributed by atoms with van der Waals surface area (Å²) < 4.78 is 1.42. The van der Waals surface area contributed by atoms with E-state index in [1.807, 2.05) is 24.3 Å². The van der Waals surface area contributed by atoms with Crippen LogP contribution in [0.25, 0.3) is 22.6 Å². The van der Waals surface area contributed by atoms with Crippen molar-refractivity contribution in [2.45, 2.75) is 18.9 Å². The molecule has 0 saturated heterocycles. The number of carbonyl (C=O) groups excluding carboxylic acids is 1. The highest BCUT2D eigenvalue weighted by Gasteiger charge is 2.25. The molecule has 0 bridgehead atoms. The number of nitrogens with one attached hydrogen (secondary N) is 4. The second kappa shape index (κ2) is 6.89. The Kier molecular flexibility index (Phi) is 4.08. The molecule has 1 aliphatic carbocycles. The number of carbonyl (C=O) groups is 1. The molecule has 5 rings (SSSR count). The summed E-state index contributed by atoms with van der Waals surface area (Å²) in [7, 11) is 1.76. The minimum absolute atomic E-state index is 0.235. The van der Waals surface area contributed by atoms with E-state index in [1.165, 1.54) is 10.9 Å². The molecule has 1 saturated carbocycles. The van der Waals surface area contributed by atoms with E-state index in [-0.39, 0.29) is 12.1 Å². The third-order valence-corrected chi connectivity index (χ3v) is 4.65. The zero-order valence-electron chi connectivity index (χ0n) is 15.7. The highest BCUT2D eigenvalue weighted by atomic mass is 16.2. The SMILES string of the molecule is CNc1nc(Nc2cccc(-c3ncc[nH]3)c2)nc2c1ncn2C(=O)NC1CC1. The number of aromatic nitrogens is 6. The Hall–Kier alpha value is -3.95. The molecule has 0 radical (unpaired) electrons. The number of imidazole rings is 2. The van der Waals surface area contributed by atoms with E-state index < -0.39 is 0 Å². The van der Waals surface area contributed by atoms with E-state index in [0.717, 1.165) is 29.9 Å².